The van der Waals surface area contributed by atoms with Crippen molar-refractivity contribution in [2.45, 2.75) is 0 Å². The fourth-order valence-electron chi connectivity index (χ4n) is 6.82. The molecular formula is C40H23N3S2. The summed E-state index contributed by atoms with van der Waals surface area (Å²) in [5.74, 6) is 0. The third-order valence-electron chi connectivity index (χ3n) is 8.88. The summed E-state index contributed by atoms with van der Waals surface area (Å²) in [6, 6.07) is 48.0. The maximum atomic E-state index is 5.25. The first kappa shape index (κ1) is 25.0. The van der Waals surface area contributed by atoms with Gasteiger partial charge in [0.2, 0.25) is 0 Å². The fourth-order valence-corrected chi connectivity index (χ4v) is 9.03. The zero-order valence-electron chi connectivity index (χ0n) is 23.9. The van der Waals surface area contributed by atoms with Gasteiger partial charge in [-0.3, -0.25) is 0 Å². The lowest BCUT2D eigenvalue weighted by molar-refractivity contribution is 1.18. The van der Waals surface area contributed by atoms with E-state index in [4.69, 9.17) is 9.97 Å². The van der Waals surface area contributed by atoms with Crippen molar-refractivity contribution in [3.63, 3.8) is 0 Å². The summed E-state index contributed by atoms with van der Waals surface area (Å²) in [6.07, 6.45) is 1.92. The van der Waals surface area contributed by atoms with E-state index in [2.05, 4.69) is 138 Å². The molecule has 0 fully saturated rings. The van der Waals surface area contributed by atoms with E-state index in [9.17, 15) is 0 Å². The molecule has 45 heavy (non-hydrogen) atoms. The van der Waals surface area contributed by atoms with Crippen LogP contribution in [0.1, 0.15) is 0 Å². The molecule has 0 saturated carbocycles. The highest BCUT2D eigenvalue weighted by molar-refractivity contribution is 7.26. The average molecular weight is 610 g/mol. The van der Waals surface area contributed by atoms with Gasteiger partial charge in [0, 0.05) is 52.3 Å². The number of rotatable bonds is 3. The highest BCUT2D eigenvalue weighted by atomic mass is 32.1. The molecule has 210 valence electrons. The van der Waals surface area contributed by atoms with Crippen LogP contribution in [0, 0.1) is 0 Å². The van der Waals surface area contributed by atoms with E-state index in [0.29, 0.717) is 0 Å². The zero-order chi connectivity index (χ0) is 29.5. The minimum Gasteiger partial charge on any atom is -0.309 e. The molecule has 0 unspecified atom stereocenters. The predicted octanol–water partition coefficient (Wildman–Crippen LogP) is 11.6. The van der Waals surface area contributed by atoms with E-state index in [1.54, 1.807) is 11.3 Å². The number of thiophene rings is 2. The SMILES string of the molecule is c1cc(-c2cnc3sc4ccc(-c5cccc6c5sc5ccccc56)cc4c3n2)cc(-n2c3ccccc3c3ccccc32)c1. The topological polar surface area (TPSA) is 30.7 Å². The van der Waals surface area contributed by atoms with Gasteiger partial charge >= 0.3 is 0 Å². The third-order valence-corrected chi connectivity index (χ3v) is 11.2. The molecule has 0 spiro atoms. The first-order chi connectivity index (χ1) is 22.3. The Kier molecular flexibility index (Phi) is 5.32. The summed E-state index contributed by atoms with van der Waals surface area (Å²) in [7, 11) is 0. The van der Waals surface area contributed by atoms with Gasteiger partial charge in [-0.1, -0.05) is 91.0 Å². The molecule has 0 N–H and O–H groups in total. The number of nitrogens with zero attached hydrogens (tertiary/aromatic N) is 3. The van der Waals surface area contributed by atoms with Gasteiger partial charge in [0.15, 0.2) is 0 Å². The van der Waals surface area contributed by atoms with Crippen LogP contribution in [-0.4, -0.2) is 14.5 Å². The molecule has 10 rings (SSSR count). The molecule has 0 saturated heterocycles. The zero-order valence-corrected chi connectivity index (χ0v) is 25.6. The number of para-hydroxylation sites is 2. The summed E-state index contributed by atoms with van der Waals surface area (Å²) in [6.45, 7) is 0. The van der Waals surface area contributed by atoms with Crippen LogP contribution in [0.25, 0.3) is 90.5 Å². The first-order valence-electron chi connectivity index (χ1n) is 15.0. The van der Waals surface area contributed by atoms with E-state index in [1.165, 1.54) is 57.8 Å². The first-order valence-corrected chi connectivity index (χ1v) is 16.6. The summed E-state index contributed by atoms with van der Waals surface area (Å²) in [5.41, 5.74) is 8.86. The van der Waals surface area contributed by atoms with Crippen LogP contribution in [-0.2, 0) is 0 Å². The van der Waals surface area contributed by atoms with Crippen molar-refractivity contribution in [1.29, 1.82) is 0 Å². The number of hydrogen-bond donors (Lipinski definition) is 0. The Morgan fingerprint density at radius 2 is 1.22 bits per heavy atom. The maximum absolute atomic E-state index is 5.25. The molecule has 0 aliphatic heterocycles. The van der Waals surface area contributed by atoms with Gasteiger partial charge in [0.05, 0.1) is 22.9 Å². The van der Waals surface area contributed by atoms with E-state index in [0.717, 1.165) is 32.7 Å². The smallest absolute Gasteiger partial charge is 0.143 e. The molecule has 0 aliphatic carbocycles. The van der Waals surface area contributed by atoms with Gasteiger partial charge in [-0.25, -0.2) is 9.97 Å². The minimum absolute atomic E-state index is 0.877. The van der Waals surface area contributed by atoms with E-state index in [-0.39, 0.29) is 0 Å². The second-order valence-corrected chi connectivity index (χ2v) is 13.5. The highest BCUT2D eigenvalue weighted by Gasteiger charge is 2.16. The van der Waals surface area contributed by atoms with Gasteiger partial charge in [-0.05, 0) is 53.6 Å². The molecule has 6 aromatic carbocycles. The van der Waals surface area contributed by atoms with E-state index >= 15 is 0 Å². The second-order valence-electron chi connectivity index (χ2n) is 11.4. The van der Waals surface area contributed by atoms with Crippen LogP contribution in [0.2, 0.25) is 0 Å². The van der Waals surface area contributed by atoms with Crippen molar-refractivity contribution >= 4 is 85.1 Å². The molecule has 0 radical (unpaired) electrons. The maximum Gasteiger partial charge on any atom is 0.143 e. The Morgan fingerprint density at radius 1 is 0.511 bits per heavy atom. The molecule has 4 aromatic heterocycles. The third kappa shape index (κ3) is 3.75. The Labute approximate surface area is 266 Å². The lowest BCUT2D eigenvalue weighted by Gasteiger charge is -2.10. The summed E-state index contributed by atoms with van der Waals surface area (Å²) >= 11 is 3.57. The Balaban J connectivity index is 1.13. The van der Waals surface area contributed by atoms with Crippen LogP contribution >= 0.6 is 22.7 Å². The number of aromatic nitrogens is 3. The van der Waals surface area contributed by atoms with Gasteiger partial charge in [0.1, 0.15) is 10.3 Å². The van der Waals surface area contributed by atoms with Gasteiger partial charge in [-0.15, -0.1) is 22.7 Å². The lowest BCUT2D eigenvalue weighted by Crippen LogP contribution is -1.95. The Morgan fingerprint density at radius 3 is 2.07 bits per heavy atom. The molecule has 0 atom stereocenters. The van der Waals surface area contributed by atoms with E-state index in [1.807, 2.05) is 17.5 Å². The quantitative estimate of drug-likeness (QED) is 0.199. The van der Waals surface area contributed by atoms with Crippen molar-refractivity contribution in [1.82, 2.24) is 14.5 Å². The van der Waals surface area contributed by atoms with Crippen molar-refractivity contribution in [2.75, 3.05) is 0 Å². The lowest BCUT2D eigenvalue weighted by atomic mass is 10.0. The number of fused-ring (bicyclic) bond motifs is 9. The molecule has 0 bridgehead atoms. The molecule has 5 heteroatoms. The summed E-state index contributed by atoms with van der Waals surface area (Å²) < 4.78 is 6.20. The van der Waals surface area contributed by atoms with Crippen molar-refractivity contribution in [2.24, 2.45) is 0 Å². The van der Waals surface area contributed by atoms with Crippen molar-refractivity contribution in [3.8, 4) is 28.1 Å². The highest BCUT2D eigenvalue weighted by Crippen LogP contribution is 2.42. The molecule has 0 amide bonds. The Hall–Kier alpha value is -5.36. The van der Waals surface area contributed by atoms with Crippen molar-refractivity contribution < 1.29 is 0 Å². The standard InChI is InChI=1S/C40H23N3S2/c1-4-16-34-28(11-1)29-12-2-5-17-35(29)43(34)26-10-7-9-25(21-26)33-23-41-40-38(42-33)32-22-24(19-20-37(32)45-40)27-14-8-15-31-30-13-3-6-18-36(30)44-39(27)31/h1-23H. The molecule has 3 nitrogen and oxygen atoms in total. The largest absolute Gasteiger partial charge is 0.309 e. The van der Waals surface area contributed by atoms with Crippen molar-refractivity contribution in [3.05, 3.63) is 140 Å². The van der Waals surface area contributed by atoms with Crippen LogP contribution in [0.3, 0.4) is 0 Å². The van der Waals surface area contributed by atoms with Crippen LogP contribution < -0.4 is 0 Å². The van der Waals surface area contributed by atoms with Gasteiger partial charge in [-0.2, -0.15) is 0 Å². The normalized spacial score (nSPS) is 12.0. The van der Waals surface area contributed by atoms with E-state index < -0.39 is 0 Å². The minimum atomic E-state index is 0.877. The summed E-state index contributed by atoms with van der Waals surface area (Å²) in [5, 5.41) is 6.30. The average Bonchev–Trinajstić information content (AvgIpc) is 3.77. The van der Waals surface area contributed by atoms with Crippen LogP contribution in [0.15, 0.2) is 140 Å². The number of hydrogen-bond acceptors (Lipinski definition) is 4. The Bertz CT molecular complexity index is 2730. The molecule has 10 aromatic rings. The summed E-state index contributed by atoms with van der Waals surface area (Å²) in [4.78, 5) is 11.1. The predicted molar refractivity (Wildman–Crippen MR) is 193 cm³/mol. The molecular weight excluding hydrogens is 587 g/mol. The fraction of sp³-hybridized carbons (Fsp3) is 0. The van der Waals surface area contributed by atoms with Gasteiger partial charge in [0.25, 0.3) is 0 Å². The van der Waals surface area contributed by atoms with Crippen LogP contribution in [0.5, 0.6) is 0 Å². The molecule has 0 aliphatic rings. The van der Waals surface area contributed by atoms with Crippen LogP contribution in [0.4, 0.5) is 0 Å². The van der Waals surface area contributed by atoms with Gasteiger partial charge < -0.3 is 4.57 Å². The monoisotopic (exact) mass is 609 g/mol. The molecule has 4 heterocycles. The number of benzene rings is 6. The second kappa shape index (κ2) is 9.57.